The molecule has 1 atom stereocenters. The Morgan fingerprint density at radius 2 is 2.24 bits per heavy atom. The highest BCUT2D eigenvalue weighted by Crippen LogP contribution is 2.21. The smallest absolute Gasteiger partial charge is 0.258 e. The third-order valence-corrected chi connectivity index (χ3v) is 3.38. The number of rotatable bonds is 5. The first-order valence-electron chi connectivity index (χ1n) is 7.03. The van der Waals surface area contributed by atoms with E-state index >= 15 is 0 Å². The van der Waals surface area contributed by atoms with E-state index in [1.165, 1.54) is 12.1 Å². The lowest BCUT2D eigenvalue weighted by Crippen LogP contribution is -2.41. The minimum absolute atomic E-state index is 0.00141. The van der Waals surface area contributed by atoms with Gasteiger partial charge >= 0.3 is 0 Å². The lowest BCUT2D eigenvalue weighted by Gasteiger charge is -2.23. The maximum Gasteiger partial charge on any atom is 0.258 e. The van der Waals surface area contributed by atoms with Gasteiger partial charge in [-0.25, -0.2) is 4.39 Å². The fourth-order valence-electron chi connectivity index (χ4n) is 2.15. The van der Waals surface area contributed by atoms with Crippen LogP contribution in [-0.4, -0.2) is 36.9 Å². The number of ether oxygens (including phenoxy) is 2. The summed E-state index contributed by atoms with van der Waals surface area (Å²) in [7, 11) is 0. The monoisotopic (exact) mass is 297 g/mol. The van der Waals surface area contributed by atoms with Crippen molar-refractivity contribution in [2.45, 2.75) is 31.9 Å². The zero-order valence-corrected chi connectivity index (χ0v) is 12.0. The minimum Gasteiger partial charge on any atom is -0.481 e. The van der Waals surface area contributed by atoms with E-state index in [1.807, 2.05) is 0 Å². The van der Waals surface area contributed by atoms with Gasteiger partial charge in [0.1, 0.15) is 0 Å². The summed E-state index contributed by atoms with van der Waals surface area (Å²) >= 11 is 0. The summed E-state index contributed by atoms with van der Waals surface area (Å²) in [5, 5.41) is 12.2. The van der Waals surface area contributed by atoms with E-state index in [1.54, 1.807) is 13.0 Å². The first kappa shape index (κ1) is 15.7. The van der Waals surface area contributed by atoms with Crippen LogP contribution in [0.1, 0.15) is 31.4 Å². The first-order valence-corrected chi connectivity index (χ1v) is 7.03. The van der Waals surface area contributed by atoms with Gasteiger partial charge in [-0.2, -0.15) is 0 Å². The van der Waals surface area contributed by atoms with Gasteiger partial charge in [0, 0.05) is 19.3 Å². The number of aliphatic hydroxyl groups is 1. The van der Waals surface area contributed by atoms with E-state index < -0.39 is 11.9 Å². The standard InChI is InChI=1S/C15H20FNO4/c1-10(18)11-2-3-14(13(16)8-11)21-9-15(19)17-12-4-6-20-7-5-12/h2-3,8,10,12,18H,4-7,9H2,1H3,(H,17,19)/t10-/m0/s1. The molecule has 6 heteroatoms. The molecule has 21 heavy (non-hydrogen) atoms. The maximum absolute atomic E-state index is 13.7. The Morgan fingerprint density at radius 3 is 2.86 bits per heavy atom. The van der Waals surface area contributed by atoms with Gasteiger partial charge in [0.15, 0.2) is 18.2 Å². The van der Waals surface area contributed by atoms with Crippen molar-refractivity contribution in [2.75, 3.05) is 19.8 Å². The molecule has 0 aromatic heterocycles. The normalized spacial score (nSPS) is 17.3. The molecule has 0 saturated carbocycles. The molecule has 116 valence electrons. The molecule has 2 N–H and O–H groups in total. The van der Waals surface area contributed by atoms with Crippen LogP contribution in [0.4, 0.5) is 4.39 Å². The van der Waals surface area contributed by atoms with Gasteiger partial charge in [0.05, 0.1) is 6.10 Å². The molecule has 5 nitrogen and oxygen atoms in total. The van der Waals surface area contributed by atoms with Crippen LogP contribution >= 0.6 is 0 Å². The van der Waals surface area contributed by atoms with Crippen LogP contribution < -0.4 is 10.1 Å². The predicted octanol–water partition coefficient (Wildman–Crippen LogP) is 1.55. The number of halogens is 1. The molecule has 1 aromatic carbocycles. The van der Waals surface area contributed by atoms with Gasteiger partial charge < -0.3 is 19.9 Å². The fraction of sp³-hybridized carbons (Fsp3) is 0.533. The molecule has 1 fully saturated rings. The average Bonchev–Trinajstić information content (AvgIpc) is 2.47. The highest BCUT2D eigenvalue weighted by molar-refractivity contribution is 5.77. The number of hydrogen-bond donors (Lipinski definition) is 2. The van der Waals surface area contributed by atoms with Gasteiger partial charge in [-0.05, 0) is 37.5 Å². The second-order valence-corrected chi connectivity index (χ2v) is 5.11. The molecule has 1 heterocycles. The van der Waals surface area contributed by atoms with Crippen LogP contribution in [0.3, 0.4) is 0 Å². The van der Waals surface area contributed by atoms with Crippen LogP contribution in [0, 0.1) is 5.82 Å². The molecule has 0 unspecified atom stereocenters. The second kappa shape index (κ2) is 7.38. The molecule has 1 aliphatic rings. The second-order valence-electron chi connectivity index (χ2n) is 5.11. The third kappa shape index (κ3) is 4.68. The van der Waals surface area contributed by atoms with E-state index in [0.29, 0.717) is 18.8 Å². The molecule has 1 saturated heterocycles. The van der Waals surface area contributed by atoms with E-state index in [2.05, 4.69) is 5.32 Å². The van der Waals surface area contributed by atoms with E-state index in [4.69, 9.17) is 9.47 Å². The summed E-state index contributed by atoms with van der Waals surface area (Å²) in [6, 6.07) is 4.28. The van der Waals surface area contributed by atoms with Crippen LogP contribution in [0.5, 0.6) is 5.75 Å². The minimum atomic E-state index is -0.745. The molecular weight excluding hydrogens is 277 g/mol. The van der Waals surface area contributed by atoms with E-state index in [0.717, 1.165) is 12.8 Å². The number of carbonyl (C=O) groups excluding carboxylic acids is 1. The Kier molecular flexibility index (Phi) is 5.52. The third-order valence-electron chi connectivity index (χ3n) is 3.38. The molecule has 1 amide bonds. The quantitative estimate of drug-likeness (QED) is 0.865. The lowest BCUT2D eigenvalue weighted by atomic mass is 10.1. The number of benzene rings is 1. The van der Waals surface area contributed by atoms with Crippen LogP contribution in [0.15, 0.2) is 18.2 Å². The summed E-state index contributed by atoms with van der Waals surface area (Å²) < 4.78 is 24.1. The molecular formula is C15H20FNO4. The summed E-state index contributed by atoms with van der Waals surface area (Å²) in [5.41, 5.74) is 0.464. The Labute approximate surface area is 123 Å². The van der Waals surface area contributed by atoms with Crippen molar-refractivity contribution in [1.29, 1.82) is 0 Å². The number of aliphatic hydroxyl groups excluding tert-OH is 1. The van der Waals surface area contributed by atoms with Crippen molar-refractivity contribution >= 4 is 5.91 Å². The molecule has 2 rings (SSSR count). The topological polar surface area (TPSA) is 67.8 Å². The van der Waals surface area contributed by atoms with Crippen LogP contribution in [-0.2, 0) is 9.53 Å². The largest absolute Gasteiger partial charge is 0.481 e. The molecule has 0 bridgehead atoms. The lowest BCUT2D eigenvalue weighted by molar-refractivity contribution is -0.124. The molecule has 0 aliphatic carbocycles. The van der Waals surface area contributed by atoms with Gasteiger partial charge in [-0.15, -0.1) is 0 Å². The van der Waals surface area contributed by atoms with Gasteiger partial charge in [-0.3, -0.25) is 4.79 Å². The van der Waals surface area contributed by atoms with Crippen molar-refractivity contribution < 1.29 is 23.8 Å². The van der Waals surface area contributed by atoms with Crippen molar-refractivity contribution in [1.82, 2.24) is 5.32 Å². The summed E-state index contributed by atoms with van der Waals surface area (Å²) in [6.45, 7) is 2.60. The van der Waals surface area contributed by atoms with Crippen LogP contribution in [0.2, 0.25) is 0 Å². The Balaban J connectivity index is 1.83. The van der Waals surface area contributed by atoms with Crippen molar-refractivity contribution in [3.63, 3.8) is 0 Å². The Hall–Kier alpha value is -1.66. The Bertz CT molecular complexity index is 487. The summed E-state index contributed by atoms with van der Waals surface area (Å²) in [4.78, 5) is 11.7. The number of amides is 1. The van der Waals surface area contributed by atoms with E-state index in [9.17, 15) is 14.3 Å². The number of hydrogen-bond acceptors (Lipinski definition) is 4. The van der Waals surface area contributed by atoms with Crippen molar-refractivity contribution in [3.05, 3.63) is 29.6 Å². The number of nitrogens with one attached hydrogen (secondary N) is 1. The molecule has 0 spiro atoms. The zero-order chi connectivity index (χ0) is 15.2. The van der Waals surface area contributed by atoms with Crippen molar-refractivity contribution in [3.8, 4) is 5.75 Å². The summed E-state index contributed by atoms with van der Waals surface area (Å²) in [5.74, 6) is -0.866. The van der Waals surface area contributed by atoms with Gasteiger partial charge in [0.25, 0.3) is 5.91 Å². The fourth-order valence-corrected chi connectivity index (χ4v) is 2.15. The molecule has 1 aromatic rings. The summed E-state index contributed by atoms with van der Waals surface area (Å²) in [6.07, 6.45) is 0.817. The number of carbonyl (C=O) groups is 1. The Morgan fingerprint density at radius 1 is 1.52 bits per heavy atom. The SMILES string of the molecule is C[C@H](O)c1ccc(OCC(=O)NC2CCOCC2)c(F)c1. The van der Waals surface area contributed by atoms with Gasteiger partial charge in [-0.1, -0.05) is 6.07 Å². The van der Waals surface area contributed by atoms with Gasteiger partial charge in [0.2, 0.25) is 0 Å². The zero-order valence-electron chi connectivity index (χ0n) is 12.0. The van der Waals surface area contributed by atoms with Crippen LogP contribution in [0.25, 0.3) is 0 Å². The maximum atomic E-state index is 13.7. The predicted molar refractivity (Wildman–Crippen MR) is 74.5 cm³/mol. The molecule has 1 aliphatic heterocycles. The highest BCUT2D eigenvalue weighted by Gasteiger charge is 2.16. The highest BCUT2D eigenvalue weighted by atomic mass is 19.1. The molecule has 0 radical (unpaired) electrons. The average molecular weight is 297 g/mol. The van der Waals surface area contributed by atoms with Crippen molar-refractivity contribution in [2.24, 2.45) is 0 Å². The first-order chi connectivity index (χ1) is 10.1. The van der Waals surface area contributed by atoms with E-state index in [-0.39, 0.29) is 24.3 Å².